The van der Waals surface area contributed by atoms with Gasteiger partial charge in [-0.3, -0.25) is 4.79 Å². The lowest BCUT2D eigenvalue weighted by Crippen LogP contribution is -2.63. The number of amides is 1. The summed E-state index contributed by atoms with van der Waals surface area (Å²) in [5.41, 5.74) is 6.45. The van der Waals surface area contributed by atoms with Crippen molar-refractivity contribution in [3.8, 4) is 0 Å². The van der Waals surface area contributed by atoms with E-state index in [9.17, 15) is 4.79 Å². The third kappa shape index (κ3) is 2.04. The Morgan fingerprint density at radius 2 is 2.15 bits per heavy atom. The minimum absolute atomic E-state index is 0.110. The molecule has 2 fully saturated rings. The van der Waals surface area contributed by atoms with Gasteiger partial charge in [0.05, 0.1) is 18.6 Å². The number of primary amides is 1. The number of carbonyl (C=O) groups is 1. The summed E-state index contributed by atoms with van der Waals surface area (Å²) in [5.74, 6) is 0.0915. The van der Waals surface area contributed by atoms with Gasteiger partial charge in [0.15, 0.2) is 0 Å². The first kappa shape index (κ1) is 13.9. The van der Waals surface area contributed by atoms with Gasteiger partial charge in [0.2, 0.25) is 5.91 Å². The van der Waals surface area contributed by atoms with Crippen molar-refractivity contribution < 1.29 is 9.53 Å². The fourth-order valence-electron chi connectivity index (χ4n) is 3.96. The molecule has 0 bridgehead atoms. The van der Waals surface area contributed by atoms with Gasteiger partial charge in [0.25, 0.3) is 0 Å². The lowest BCUT2D eigenvalue weighted by molar-refractivity contribution is -0.260. The monoisotopic (exact) mass is 293 g/mol. The minimum Gasteiger partial charge on any atom is -0.373 e. The summed E-state index contributed by atoms with van der Waals surface area (Å²) < 4.78 is 5.94. The maximum atomic E-state index is 11.4. The summed E-state index contributed by atoms with van der Waals surface area (Å²) in [5, 5.41) is 0.747. The second-order valence-corrected chi connectivity index (χ2v) is 6.88. The van der Waals surface area contributed by atoms with Crippen molar-refractivity contribution in [2.75, 3.05) is 6.61 Å². The average Bonchev–Trinajstić information content (AvgIpc) is 2.56. The Kier molecular flexibility index (Phi) is 3.30. The molecule has 1 saturated carbocycles. The SMILES string of the molecule is CC12CCC(Cc3ccc(Cl)cc3)C1(CC(N)=O)OC2. The van der Waals surface area contributed by atoms with Crippen LogP contribution in [0.15, 0.2) is 24.3 Å². The standard InChI is InChI=1S/C16H20ClNO2/c1-15-7-6-12(8-11-2-4-13(17)5-3-11)16(15,20-10-15)9-14(18)19/h2-5,12H,6-10H2,1H3,(H2,18,19). The molecule has 0 aromatic heterocycles. The highest BCUT2D eigenvalue weighted by atomic mass is 35.5. The van der Waals surface area contributed by atoms with E-state index in [4.69, 9.17) is 22.1 Å². The topological polar surface area (TPSA) is 52.3 Å². The first-order valence-electron chi connectivity index (χ1n) is 7.12. The molecule has 0 radical (unpaired) electrons. The Balaban J connectivity index is 1.82. The molecule has 1 aromatic rings. The zero-order chi connectivity index (χ0) is 14.4. The summed E-state index contributed by atoms with van der Waals surface area (Å²) >= 11 is 5.92. The predicted octanol–water partition coefficient (Wildman–Crippen LogP) is 2.94. The molecule has 2 N–H and O–H groups in total. The van der Waals surface area contributed by atoms with Crippen LogP contribution >= 0.6 is 11.6 Å². The van der Waals surface area contributed by atoms with Crippen molar-refractivity contribution in [1.29, 1.82) is 0 Å². The highest BCUT2D eigenvalue weighted by Crippen LogP contribution is 2.61. The van der Waals surface area contributed by atoms with Crippen molar-refractivity contribution in [3.05, 3.63) is 34.9 Å². The van der Waals surface area contributed by atoms with E-state index in [-0.39, 0.29) is 16.9 Å². The normalized spacial score (nSPS) is 35.4. The van der Waals surface area contributed by atoms with Gasteiger partial charge in [-0.1, -0.05) is 30.7 Å². The number of benzene rings is 1. The van der Waals surface area contributed by atoms with Crippen molar-refractivity contribution in [3.63, 3.8) is 0 Å². The van der Waals surface area contributed by atoms with Gasteiger partial charge in [0, 0.05) is 10.4 Å². The second kappa shape index (κ2) is 4.74. The highest BCUT2D eigenvalue weighted by molar-refractivity contribution is 6.30. The summed E-state index contributed by atoms with van der Waals surface area (Å²) in [4.78, 5) is 11.4. The van der Waals surface area contributed by atoms with Crippen LogP contribution in [-0.4, -0.2) is 18.1 Å². The van der Waals surface area contributed by atoms with Crippen molar-refractivity contribution >= 4 is 17.5 Å². The first-order chi connectivity index (χ1) is 9.45. The molecular formula is C16H20ClNO2. The van der Waals surface area contributed by atoms with Crippen molar-refractivity contribution in [2.45, 2.75) is 38.2 Å². The maximum absolute atomic E-state index is 11.4. The van der Waals surface area contributed by atoms with E-state index in [0.717, 1.165) is 30.9 Å². The van der Waals surface area contributed by atoms with Crippen LogP contribution in [0.4, 0.5) is 0 Å². The molecule has 4 heteroatoms. The first-order valence-corrected chi connectivity index (χ1v) is 7.50. The molecule has 1 heterocycles. The number of hydrogen-bond acceptors (Lipinski definition) is 2. The van der Waals surface area contributed by atoms with E-state index >= 15 is 0 Å². The van der Waals surface area contributed by atoms with Crippen molar-refractivity contribution in [1.82, 2.24) is 0 Å². The molecule has 1 saturated heterocycles. The lowest BCUT2D eigenvalue weighted by Gasteiger charge is -2.55. The number of rotatable bonds is 4. The van der Waals surface area contributed by atoms with Gasteiger partial charge in [-0.25, -0.2) is 0 Å². The number of nitrogens with two attached hydrogens (primary N) is 1. The van der Waals surface area contributed by atoms with Crippen molar-refractivity contribution in [2.24, 2.45) is 17.1 Å². The molecule has 1 aliphatic heterocycles. The molecule has 3 atom stereocenters. The van der Waals surface area contributed by atoms with Crippen LogP contribution in [0, 0.1) is 11.3 Å². The molecule has 3 rings (SSSR count). The zero-order valence-electron chi connectivity index (χ0n) is 11.7. The minimum atomic E-state index is -0.349. The molecule has 1 aromatic carbocycles. The Hall–Kier alpha value is -1.06. The number of hydrogen-bond donors (Lipinski definition) is 1. The molecule has 0 spiro atoms. The quantitative estimate of drug-likeness (QED) is 0.928. The number of fused-ring (bicyclic) bond motifs is 1. The van der Waals surface area contributed by atoms with E-state index < -0.39 is 0 Å². The van der Waals surface area contributed by atoms with Crippen LogP contribution in [-0.2, 0) is 16.0 Å². The van der Waals surface area contributed by atoms with Crippen LogP contribution < -0.4 is 5.73 Å². The average molecular weight is 294 g/mol. The van der Waals surface area contributed by atoms with Crippen LogP contribution in [0.3, 0.4) is 0 Å². The second-order valence-electron chi connectivity index (χ2n) is 6.45. The van der Waals surface area contributed by atoms with Crippen LogP contribution in [0.1, 0.15) is 31.7 Å². The lowest BCUT2D eigenvalue weighted by atomic mass is 9.65. The molecular weight excluding hydrogens is 274 g/mol. The summed E-state index contributed by atoms with van der Waals surface area (Å²) in [6.45, 7) is 2.97. The molecule has 3 unspecified atom stereocenters. The zero-order valence-corrected chi connectivity index (χ0v) is 12.5. The predicted molar refractivity (Wildman–Crippen MR) is 78.5 cm³/mol. The molecule has 2 aliphatic rings. The fourth-order valence-corrected chi connectivity index (χ4v) is 4.09. The number of ether oxygens (including phenoxy) is 1. The van der Waals surface area contributed by atoms with Crippen LogP contribution in [0.5, 0.6) is 0 Å². The third-order valence-corrected chi connectivity index (χ3v) is 5.46. The van der Waals surface area contributed by atoms with Crippen LogP contribution in [0.2, 0.25) is 5.02 Å². The largest absolute Gasteiger partial charge is 0.373 e. The Bertz CT molecular complexity index is 530. The number of carbonyl (C=O) groups excluding carboxylic acids is 1. The van der Waals surface area contributed by atoms with E-state index in [1.165, 1.54) is 5.56 Å². The van der Waals surface area contributed by atoms with Gasteiger partial charge in [0.1, 0.15) is 0 Å². The Labute approximate surface area is 124 Å². The Morgan fingerprint density at radius 3 is 2.70 bits per heavy atom. The Morgan fingerprint density at radius 1 is 1.45 bits per heavy atom. The van der Waals surface area contributed by atoms with Gasteiger partial charge in [-0.15, -0.1) is 0 Å². The van der Waals surface area contributed by atoms with Gasteiger partial charge < -0.3 is 10.5 Å². The fraction of sp³-hybridized carbons (Fsp3) is 0.562. The summed E-state index contributed by atoms with van der Waals surface area (Å²) in [6, 6.07) is 7.92. The van der Waals surface area contributed by atoms with E-state index in [2.05, 4.69) is 19.1 Å². The molecule has 3 nitrogen and oxygen atoms in total. The molecule has 108 valence electrons. The molecule has 20 heavy (non-hydrogen) atoms. The smallest absolute Gasteiger partial charge is 0.220 e. The summed E-state index contributed by atoms with van der Waals surface area (Å²) in [6.07, 6.45) is 3.45. The van der Waals surface area contributed by atoms with Gasteiger partial charge in [-0.2, -0.15) is 0 Å². The summed E-state index contributed by atoms with van der Waals surface area (Å²) in [7, 11) is 0. The van der Waals surface area contributed by atoms with E-state index in [1.54, 1.807) is 0 Å². The van der Waals surface area contributed by atoms with E-state index in [1.807, 2.05) is 12.1 Å². The van der Waals surface area contributed by atoms with Gasteiger partial charge >= 0.3 is 0 Å². The van der Waals surface area contributed by atoms with Gasteiger partial charge in [-0.05, 0) is 42.9 Å². The molecule has 1 aliphatic carbocycles. The van der Waals surface area contributed by atoms with Crippen LogP contribution in [0.25, 0.3) is 0 Å². The van der Waals surface area contributed by atoms with E-state index in [0.29, 0.717) is 12.3 Å². The third-order valence-electron chi connectivity index (χ3n) is 5.21. The maximum Gasteiger partial charge on any atom is 0.220 e. The number of halogens is 1. The molecule has 1 amide bonds. The highest BCUT2D eigenvalue weighted by Gasteiger charge is 2.65.